The van der Waals surface area contributed by atoms with Crippen molar-refractivity contribution in [1.82, 2.24) is 9.78 Å². The van der Waals surface area contributed by atoms with Gasteiger partial charge in [0.05, 0.1) is 23.3 Å². The predicted molar refractivity (Wildman–Crippen MR) is 70.6 cm³/mol. The first-order chi connectivity index (χ1) is 8.56. The van der Waals surface area contributed by atoms with E-state index >= 15 is 0 Å². The highest BCUT2D eigenvalue weighted by atomic mass is 32.2. The first-order valence-electron chi connectivity index (χ1n) is 5.89. The van der Waals surface area contributed by atoms with Crippen LogP contribution in [0.25, 0.3) is 5.69 Å². The quantitative estimate of drug-likeness (QED) is 0.852. The molecule has 0 spiro atoms. The average Bonchev–Trinajstić information content (AvgIpc) is 2.73. The van der Waals surface area contributed by atoms with Crippen LogP contribution in [0.1, 0.15) is 19.0 Å². The number of aromatic nitrogens is 2. The van der Waals surface area contributed by atoms with Crippen molar-refractivity contribution in [3.8, 4) is 5.69 Å². The molecular formula is C13H16N2O2S. The van der Waals surface area contributed by atoms with Crippen molar-refractivity contribution in [2.24, 2.45) is 0 Å². The molecule has 1 aromatic heterocycles. The molecule has 0 unspecified atom stereocenters. The van der Waals surface area contributed by atoms with Crippen LogP contribution < -0.4 is 0 Å². The fourth-order valence-electron chi connectivity index (χ4n) is 1.91. The van der Waals surface area contributed by atoms with E-state index < -0.39 is 9.84 Å². The lowest BCUT2D eigenvalue weighted by atomic mass is 10.3. The molecule has 2 aromatic rings. The highest BCUT2D eigenvalue weighted by Crippen LogP contribution is 2.19. The first-order valence-corrected chi connectivity index (χ1v) is 7.54. The van der Waals surface area contributed by atoms with Gasteiger partial charge in [-0.2, -0.15) is 5.10 Å². The molecule has 0 amide bonds. The van der Waals surface area contributed by atoms with Crippen LogP contribution in [-0.4, -0.2) is 24.0 Å². The summed E-state index contributed by atoms with van der Waals surface area (Å²) in [6, 6.07) is 9.51. The highest BCUT2D eigenvalue weighted by molar-refractivity contribution is 7.91. The molecule has 18 heavy (non-hydrogen) atoms. The molecule has 96 valence electrons. The maximum atomic E-state index is 12.0. The molecule has 0 aliphatic carbocycles. The lowest BCUT2D eigenvalue weighted by molar-refractivity contribution is 0.594. The molecular weight excluding hydrogens is 248 g/mol. The van der Waals surface area contributed by atoms with E-state index in [4.69, 9.17) is 0 Å². The molecule has 0 radical (unpaired) electrons. The maximum absolute atomic E-state index is 12.0. The van der Waals surface area contributed by atoms with Crippen LogP contribution in [0.2, 0.25) is 0 Å². The average molecular weight is 264 g/mol. The maximum Gasteiger partial charge on any atom is 0.181 e. The zero-order chi connectivity index (χ0) is 13.2. The molecule has 2 rings (SSSR count). The first kappa shape index (κ1) is 12.8. The van der Waals surface area contributed by atoms with Crippen molar-refractivity contribution in [3.05, 3.63) is 42.2 Å². The van der Waals surface area contributed by atoms with Gasteiger partial charge < -0.3 is 0 Å². The van der Waals surface area contributed by atoms with Gasteiger partial charge in [0.15, 0.2) is 9.84 Å². The molecule has 0 N–H and O–H groups in total. The number of rotatable bonds is 4. The minimum Gasteiger partial charge on any atom is -0.237 e. The normalized spacial score (nSPS) is 11.7. The number of nitrogens with zero attached hydrogens (tertiary/aromatic N) is 2. The summed E-state index contributed by atoms with van der Waals surface area (Å²) >= 11 is 0. The Hall–Kier alpha value is -1.62. The van der Waals surface area contributed by atoms with E-state index in [1.807, 2.05) is 37.3 Å². The minimum atomic E-state index is -3.21. The van der Waals surface area contributed by atoms with E-state index in [9.17, 15) is 8.42 Å². The highest BCUT2D eigenvalue weighted by Gasteiger charge is 2.20. The minimum absolute atomic E-state index is 0.161. The molecule has 0 bridgehead atoms. The van der Waals surface area contributed by atoms with Crippen LogP contribution in [0.3, 0.4) is 0 Å². The van der Waals surface area contributed by atoms with Gasteiger partial charge in [-0.25, -0.2) is 13.1 Å². The van der Waals surface area contributed by atoms with Crippen LogP contribution in [0, 0.1) is 6.92 Å². The van der Waals surface area contributed by atoms with E-state index in [2.05, 4.69) is 5.10 Å². The van der Waals surface area contributed by atoms with Crippen molar-refractivity contribution < 1.29 is 8.42 Å². The number of hydrogen-bond donors (Lipinski definition) is 0. The Morgan fingerprint density at radius 1 is 1.22 bits per heavy atom. The van der Waals surface area contributed by atoms with Gasteiger partial charge in [0, 0.05) is 0 Å². The fourth-order valence-corrected chi connectivity index (χ4v) is 3.41. The van der Waals surface area contributed by atoms with E-state index in [0.717, 1.165) is 5.69 Å². The predicted octanol–water partition coefficient (Wildman–Crippen LogP) is 2.36. The molecule has 1 heterocycles. The molecule has 0 atom stereocenters. The molecule has 0 aliphatic heterocycles. The third-order valence-corrected chi connectivity index (χ3v) is 4.79. The SMILES string of the molecule is CCCS(=O)(=O)c1cnn(-c2ccccc2)c1C. The number of sulfone groups is 1. The molecule has 0 saturated carbocycles. The standard InChI is InChI=1S/C13H16N2O2S/c1-3-9-18(16,17)13-10-14-15(11(13)2)12-7-5-4-6-8-12/h4-8,10H,3,9H2,1-2H3. The van der Waals surface area contributed by atoms with Gasteiger partial charge in [-0.15, -0.1) is 0 Å². The summed E-state index contributed by atoms with van der Waals surface area (Å²) in [6.45, 7) is 3.64. The summed E-state index contributed by atoms with van der Waals surface area (Å²) in [6.07, 6.45) is 2.05. The Morgan fingerprint density at radius 3 is 2.50 bits per heavy atom. The van der Waals surface area contributed by atoms with Crippen LogP contribution in [0.5, 0.6) is 0 Å². The summed E-state index contributed by atoms with van der Waals surface area (Å²) < 4.78 is 25.7. The van der Waals surface area contributed by atoms with Gasteiger partial charge in [-0.1, -0.05) is 25.1 Å². The van der Waals surface area contributed by atoms with Gasteiger partial charge in [0.2, 0.25) is 0 Å². The second-order valence-electron chi connectivity index (χ2n) is 4.16. The van der Waals surface area contributed by atoms with Gasteiger partial charge in [-0.3, -0.25) is 0 Å². The second kappa shape index (κ2) is 4.94. The van der Waals surface area contributed by atoms with Crippen molar-refractivity contribution in [2.45, 2.75) is 25.2 Å². The van der Waals surface area contributed by atoms with Crippen molar-refractivity contribution in [3.63, 3.8) is 0 Å². The number of para-hydroxylation sites is 1. The van der Waals surface area contributed by atoms with E-state index in [-0.39, 0.29) is 5.75 Å². The molecule has 0 saturated heterocycles. The molecule has 0 aliphatic rings. The van der Waals surface area contributed by atoms with Gasteiger partial charge >= 0.3 is 0 Å². The van der Waals surface area contributed by atoms with Crippen LogP contribution in [0.4, 0.5) is 0 Å². The monoisotopic (exact) mass is 264 g/mol. The van der Waals surface area contributed by atoms with Crippen molar-refractivity contribution >= 4 is 9.84 Å². The Labute approximate surface area is 107 Å². The van der Waals surface area contributed by atoms with Crippen LogP contribution in [-0.2, 0) is 9.84 Å². The Morgan fingerprint density at radius 2 is 1.89 bits per heavy atom. The molecule has 1 aromatic carbocycles. The molecule has 0 fully saturated rings. The second-order valence-corrected chi connectivity index (χ2v) is 6.24. The van der Waals surface area contributed by atoms with Gasteiger partial charge in [0.25, 0.3) is 0 Å². The third kappa shape index (κ3) is 2.31. The van der Waals surface area contributed by atoms with Gasteiger partial charge in [-0.05, 0) is 25.5 Å². The van der Waals surface area contributed by atoms with Crippen molar-refractivity contribution in [1.29, 1.82) is 0 Å². The summed E-state index contributed by atoms with van der Waals surface area (Å²) in [5.74, 6) is 0.161. The Bertz CT molecular complexity index is 630. The summed E-state index contributed by atoms with van der Waals surface area (Å²) in [4.78, 5) is 0.327. The summed E-state index contributed by atoms with van der Waals surface area (Å²) in [5, 5.41) is 4.17. The van der Waals surface area contributed by atoms with Crippen LogP contribution in [0.15, 0.2) is 41.4 Å². The largest absolute Gasteiger partial charge is 0.237 e. The smallest absolute Gasteiger partial charge is 0.181 e. The lowest BCUT2D eigenvalue weighted by Crippen LogP contribution is -2.07. The van der Waals surface area contributed by atoms with Gasteiger partial charge in [0.1, 0.15) is 4.90 Å². The number of hydrogen-bond acceptors (Lipinski definition) is 3. The van der Waals surface area contributed by atoms with E-state index in [1.165, 1.54) is 6.20 Å². The molecule has 4 nitrogen and oxygen atoms in total. The molecule has 5 heteroatoms. The Kier molecular flexibility index (Phi) is 3.52. The third-order valence-electron chi connectivity index (χ3n) is 2.77. The summed E-state index contributed by atoms with van der Waals surface area (Å²) in [5.41, 5.74) is 1.53. The van der Waals surface area contributed by atoms with E-state index in [1.54, 1.807) is 11.6 Å². The van der Waals surface area contributed by atoms with Crippen molar-refractivity contribution in [2.75, 3.05) is 5.75 Å². The lowest BCUT2D eigenvalue weighted by Gasteiger charge is -2.05. The van der Waals surface area contributed by atoms with Crippen LogP contribution >= 0.6 is 0 Å². The topological polar surface area (TPSA) is 52.0 Å². The zero-order valence-electron chi connectivity index (χ0n) is 10.5. The summed E-state index contributed by atoms with van der Waals surface area (Å²) in [7, 11) is -3.21. The Balaban J connectivity index is 2.48. The zero-order valence-corrected chi connectivity index (χ0v) is 11.3. The fraction of sp³-hybridized carbons (Fsp3) is 0.308. The number of benzene rings is 1. The van der Waals surface area contributed by atoms with E-state index in [0.29, 0.717) is 17.0 Å².